The first-order valence-electron chi connectivity index (χ1n) is 3.12. The topological polar surface area (TPSA) is 9.23 Å². The van der Waals surface area contributed by atoms with Crippen LogP contribution < -0.4 is 4.74 Å². The van der Waals surface area contributed by atoms with Gasteiger partial charge in [-0.1, -0.05) is 6.92 Å². The second kappa shape index (κ2) is 3.88. The first-order valence-corrected chi connectivity index (χ1v) is 4.98. The van der Waals surface area contributed by atoms with Gasteiger partial charge >= 0.3 is 0 Å². The molecule has 0 unspecified atom stereocenters. The van der Waals surface area contributed by atoms with Crippen molar-refractivity contribution in [2.75, 3.05) is 12.9 Å². The van der Waals surface area contributed by atoms with Crippen LogP contribution in [0, 0.1) is 0 Å². The van der Waals surface area contributed by atoms with Gasteiger partial charge in [-0.05, 0) is 5.75 Å². The van der Waals surface area contributed by atoms with Crippen LogP contribution in [0.25, 0.3) is 0 Å². The molecule has 0 aliphatic carbocycles. The molecule has 0 saturated carbocycles. The Morgan fingerprint density at radius 1 is 1.70 bits per heavy atom. The molecule has 10 heavy (non-hydrogen) atoms. The van der Waals surface area contributed by atoms with Gasteiger partial charge in [0.25, 0.3) is 0 Å². The number of methoxy groups -OCH3 is 1. The molecule has 3 heteroatoms. The van der Waals surface area contributed by atoms with Crippen LogP contribution in [0.5, 0.6) is 5.75 Å². The fourth-order valence-electron chi connectivity index (χ4n) is 0.625. The summed E-state index contributed by atoms with van der Waals surface area (Å²) in [5.74, 6) is 2.10. The summed E-state index contributed by atoms with van der Waals surface area (Å²) in [5, 5.41) is 2.03. The highest BCUT2D eigenvalue weighted by atomic mass is 32.2. The first kappa shape index (κ1) is 7.95. The lowest BCUT2D eigenvalue weighted by Crippen LogP contribution is -1.75. The van der Waals surface area contributed by atoms with E-state index in [0.717, 1.165) is 11.5 Å². The van der Waals surface area contributed by atoms with Crippen LogP contribution in [0.3, 0.4) is 0 Å². The van der Waals surface area contributed by atoms with Gasteiger partial charge in [0.15, 0.2) is 0 Å². The molecular formula is C7H10OS2. The summed E-state index contributed by atoms with van der Waals surface area (Å²) in [6, 6.07) is 2.07. The molecule has 0 saturated heterocycles. The van der Waals surface area contributed by atoms with E-state index in [1.54, 1.807) is 18.4 Å². The van der Waals surface area contributed by atoms with Crippen molar-refractivity contribution < 1.29 is 4.74 Å². The molecule has 1 aromatic heterocycles. The van der Waals surface area contributed by atoms with Gasteiger partial charge in [-0.15, -0.1) is 23.1 Å². The molecule has 0 fully saturated rings. The van der Waals surface area contributed by atoms with Gasteiger partial charge in [-0.2, -0.15) is 0 Å². The van der Waals surface area contributed by atoms with E-state index >= 15 is 0 Å². The lowest BCUT2D eigenvalue weighted by atomic mass is 10.6. The minimum atomic E-state index is 0.973. The molecule has 0 aliphatic rings. The van der Waals surface area contributed by atoms with Crippen molar-refractivity contribution in [1.82, 2.24) is 0 Å². The van der Waals surface area contributed by atoms with E-state index < -0.39 is 0 Å². The number of hydrogen-bond donors (Lipinski definition) is 0. The van der Waals surface area contributed by atoms with Gasteiger partial charge in [0, 0.05) is 11.4 Å². The number of ether oxygens (including phenoxy) is 1. The van der Waals surface area contributed by atoms with E-state index in [9.17, 15) is 0 Å². The summed E-state index contributed by atoms with van der Waals surface area (Å²) in [6.07, 6.45) is 0. The van der Waals surface area contributed by atoms with Crippen molar-refractivity contribution in [3.8, 4) is 5.75 Å². The Morgan fingerprint density at radius 3 is 3.00 bits per heavy atom. The third kappa shape index (κ3) is 1.92. The highest BCUT2D eigenvalue weighted by Gasteiger charge is 1.97. The average molecular weight is 174 g/mol. The lowest BCUT2D eigenvalue weighted by molar-refractivity contribution is 0.416. The zero-order valence-corrected chi connectivity index (χ0v) is 7.72. The Kier molecular flexibility index (Phi) is 3.09. The molecule has 1 rings (SSSR count). The maximum absolute atomic E-state index is 5.04. The fraction of sp³-hybridized carbons (Fsp3) is 0.429. The highest BCUT2D eigenvalue weighted by Crippen LogP contribution is 2.29. The third-order valence-corrected chi connectivity index (χ3v) is 3.11. The molecule has 0 bridgehead atoms. The minimum absolute atomic E-state index is 0.973. The lowest BCUT2D eigenvalue weighted by Gasteiger charge is -1.90. The van der Waals surface area contributed by atoms with E-state index in [2.05, 4.69) is 13.0 Å². The number of hydrogen-bond acceptors (Lipinski definition) is 3. The van der Waals surface area contributed by atoms with Gasteiger partial charge < -0.3 is 4.74 Å². The number of thioether (sulfide) groups is 1. The van der Waals surface area contributed by atoms with E-state index in [-0.39, 0.29) is 0 Å². The summed E-state index contributed by atoms with van der Waals surface area (Å²) in [6.45, 7) is 2.15. The molecule has 0 atom stereocenters. The van der Waals surface area contributed by atoms with Gasteiger partial charge in [0.05, 0.1) is 11.3 Å². The van der Waals surface area contributed by atoms with Crippen LogP contribution in [0.4, 0.5) is 0 Å². The molecule has 0 aromatic carbocycles. The summed E-state index contributed by atoms with van der Waals surface area (Å²) in [4.78, 5) is 0. The molecule has 1 nitrogen and oxygen atoms in total. The van der Waals surface area contributed by atoms with E-state index in [1.807, 2.05) is 17.1 Å². The second-order valence-corrected chi connectivity index (χ2v) is 4.21. The largest absolute Gasteiger partial charge is 0.496 e. The van der Waals surface area contributed by atoms with E-state index in [4.69, 9.17) is 4.74 Å². The smallest absolute Gasteiger partial charge is 0.130 e. The van der Waals surface area contributed by atoms with Crippen LogP contribution >= 0.6 is 23.1 Å². The monoisotopic (exact) mass is 174 g/mol. The van der Waals surface area contributed by atoms with Crippen LogP contribution in [0.15, 0.2) is 15.7 Å². The van der Waals surface area contributed by atoms with Crippen LogP contribution in [-0.4, -0.2) is 12.9 Å². The quantitative estimate of drug-likeness (QED) is 0.652. The van der Waals surface area contributed by atoms with Crippen LogP contribution in [0.1, 0.15) is 6.92 Å². The number of rotatable bonds is 3. The molecule has 1 aromatic rings. The molecule has 0 radical (unpaired) electrons. The Balaban J connectivity index is 2.59. The zero-order chi connectivity index (χ0) is 7.40. The Morgan fingerprint density at radius 2 is 2.50 bits per heavy atom. The molecular weight excluding hydrogens is 164 g/mol. The maximum atomic E-state index is 5.04. The van der Waals surface area contributed by atoms with E-state index in [1.165, 1.54) is 4.21 Å². The van der Waals surface area contributed by atoms with Crippen molar-refractivity contribution in [1.29, 1.82) is 0 Å². The van der Waals surface area contributed by atoms with Crippen molar-refractivity contribution in [2.45, 2.75) is 11.1 Å². The summed E-state index contributed by atoms with van der Waals surface area (Å²) >= 11 is 3.59. The van der Waals surface area contributed by atoms with Crippen molar-refractivity contribution in [3.05, 3.63) is 11.4 Å². The second-order valence-electron chi connectivity index (χ2n) is 1.74. The summed E-state index contributed by atoms with van der Waals surface area (Å²) < 4.78 is 6.37. The maximum Gasteiger partial charge on any atom is 0.130 e. The Bertz CT molecular complexity index is 195. The van der Waals surface area contributed by atoms with Crippen molar-refractivity contribution in [3.63, 3.8) is 0 Å². The normalized spacial score (nSPS) is 9.80. The molecule has 56 valence electrons. The molecule has 0 amide bonds. The molecule has 0 N–H and O–H groups in total. The molecule has 1 heterocycles. The van der Waals surface area contributed by atoms with Gasteiger partial charge in [0.1, 0.15) is 5.75 Å². The predicted octanol–water partition coefficient (Wildman–Crippen LogP) is 2.87. The molecule has 0 spiro atoms. The molecule has 0 aliphatic heterocycles. The van der Waals surface area contributed by atoms with Gasteiger partial charge in [0.2, 0.25) is 0 Å². The Hall–Kier alpha value is -0.150. The zero-order valence-electron chi connectivity index (χ0n) is 6.09. The standard InChI is InChI=1S/C7H10OS2/c1-3-9-7-4-6(8-2)5-10-7/h4-5H,3H2,1-2H3. The highest BCUT2D eigenvalue weighted by molar-refractivity contribution is 8.01. The Labute approximate surface area is 69.4 Å². The van der Waals surface area contributed by atoms with Gasteiger partial charge in [-0.3, -0.25) is 0 Å². The number of thiophene rings is 1. The van der Waals surface area contributed by atoms with Crippen molar-refractivity contribution >= 4 is 23.1 Å². The van der Waals surface area contributed by atoms with Crippen molar-refractivity contribution in [2.24, 2.45) is 0 Å². The SMILES string of the molecule is CCSc1cc(OC)cs1. The summed E-state index contributed by atoms with van der Waals surface area (Å²) in [5.41, 5.74) is 0. The summed E-state index contributed by atoms with van der Waals surface area (Å²) in [7, 11) is 1.70. The van der Waals surface area contributed by atoms with Crippen LogP contribution in [0.2, 0.25) is 0 Å². The predicted molar refractivity (Wildman–Crippen MR) is 47.3 cm³/mol. The fourth-order valence-corrected chi connectivity index (χ4v) is 2.46. The van der Waals surface area contributed by atoms with Crippen LogP contribution in [-0.2, 0) is 0 Å². The van der Waals surface area contributed by atoms with E-state index in [0.29, 0.717) is 0 Å². The minimum Gasteiger partial charge on any atom is -0.496 e. The van der Waals surface area contributed by atoms with Gasteiger partial charge in [-0.25, -0.2) is 0 Å². The third-order valence-electron chi connectivity index (χ3n) is 1.07. The average Bonchev–Trinajstić information content (AvgIpc) is 2.37. The first-order chi connectivity index (χ1) is 4.86.